The molecule has 0 spiro atoms. The number of nitrogens with one attached hydrogen (secondary N) is 1. The van der Waals surface area contributed by atoms with Gasteiger partial charge in [-0.3, -0.25) is 9.59 Å². The molecule has 7 heteroatoms. The van der Waals surface area contributed by atoms with E-state index in [1.54, 1.807) is 24.3 Å². The number of benzene rings is 2. The molecule has 2 aromatic carbocycles. The van der Waals surface area contributed by atoms with Crippen molar-refractivity contribution in [2.24, 2.45) is 0 Å². The number of H-pyrrole nitrogens is 1. The van der Waals surface area contributed by atoms with E-state index in [-0.39, 0.29) is 4.77 Å². The summed E-state index contributed by atoms with van der Waals surface area (Å²) < 4.78 is 1.52. The summed E-state index contributed by atoms with van der Waals surface area (Å²) in [5.74, 6) is -0.425. The standard InChI is InChI=1S/C16H10N4O2S/c21-14-11-8-4-5-9-12(11)15(22)20(14)19-13(17-18-16(19)23)10-6-2-1-3-7-10/h1-9H,(H,18,23). The second-order valence-electron chi connectivity index (χ2n) is 5.00. The van der Waals surface area contributed by atoms with E-state index >= 15 is 0 Å². The summed E-state index contributed by atoms with van der Waals surface area (Å²) in [6.45, 7) is 0. The number of fused-ring (bicyclic) bond motifs is 1. The van der Waals surface area contributed by atoms with Crippen molar-refractivity contribution in [3.8, 4) is 11.4 Å². The minimum atomic E-state index is -0.416. The molecule has 1 aliphatic rings. The second kappa shape index (κ2) is 4.99. The molecular weight excluding hydrogens is 312 g/mol. The molecule has 0 saturated carbocycles. The van der Waals surface area contributed by atoms with Crippen LogP contribution in [0.1, 0.15) is 20.7 Å². The van der Waals surface area contributed by atoms with Crippen molar-refractivity contribution in [1.82, 2.24) is 14.9 Å². The van der Waals surface area contributed by atoms with Crippen molar-refractivity contribution in [3.63, 3.8) is 0 Å². The molecule has 1 aromatic heterocycles. The number of amides is 2. The summed E-state index contributed by atoms with van der Waals surface area (Å²) in [4.78, 5) is 25.3. The fourth-order valence-corrected chi connectivity index (χ4v) is 2.82. The van der Waals surface area contributed by atoms with Crippen LogP contribution in [0.5, 0.6) is 0 Å². The number of carbonyl (C=O) groups excluding carboxylic acids is 2. The van der Waals surface area contributed by atoms with Gasteiger partial charge in [0, 0.05) is 5.56 Å². The molecule has 0 atom stereocenters. The predicted molar refractivity (Wildman–Crippen MR) is 86.2 cm³/mol. The molecule has 2 heterocycles. The normalized spacial score (nSPS) is 13.5. The lowest BCUT2D eigenvalue weighted by Gasteiger charge is -2.16. The van der Waals surface area contributed by atoms with Crippen LogP contribution < -0.4 is 5.01 Å². The molecule has 2 amide bonds. The summed E-state index contributed by atoms with van der Waals surface area (Å²) in [5, 5.41) is 7.84. The number of nitrogens with zero attached hydrogens (tertiary/aromatic N) is 3. The van der Waals surface area contributed by atoms with Crippen molar-refractivity contribution in [2.45, 2.75) is 0 Å². The summed E-state index contributed by atoms with van der Waals surface area (Å²) in [6.07, 6.45) is 0. The highest BCUT2D eigenvalue weighted by Gasteiger charge is 2.38. The van der Waals surface area contributed by atoms with Crippen LogP contribution in [0.4, 0.5) is 0 Å². The van der Waals surface area contributed by atoms with Gasteiger partial charge in [-0.25, -0.2) is 5.10 Å². The molecule has 0 fully saturated rings. The Bertz CT molecular complexity index is 956. The van der Waals surface area contributed by atoms with Gasteiger partial charge < -0.3 is 0 Å². The summed E-state index contributed by atoms with van der Waals surface area (Å²) in [5.41, 5.74) is 1.47. The number of imide groups is 1. The van der Waals surface area contributed by atoms with Gasteiger partial charge in [0.2, 0.25) is 4.77 Å². The Balaban J connectivity index is 1.91. The van der Waals surface area contributed by atoms with Crippen molar-refractivity contribution in [2.75, 3.05) is 5.01 Å². The lowest BCUT2D eigenvalue weighted by atomic mass is 10.1. The van der Waals surface area contributed by atoms with Crippen LogP contribution in [0.25, 0.3) is 11.4 Å². The molecule has 0 saturated heterocycles. The van der Waals surface area contributed by atoms with Gasteiger partial charge in [0.15, 0.2) is 5.82 Å². The van der Waals surface area contributed by atoms with Gasteiger partial charge in [-0.05, 0) is 24.4 Å². The molecule has 1 aliphatic heterocycles. The molecule has 0 bridgehead atoms. The fourth-order valence-electron chi connectivity index (χ4n) is 2.61. The monoisotopic (exact) mass is 322 g/mol. The highest BCUT2D eigenvalue weighted by atomic mass is 32.1. The predicted octanol–water partition coefficient (Wildman–Crippen LogP) is 2.54. The summed E-state index contributed by atoms with van der Waals surface area (Å²) in [7, 11) is 0. The van der Waals surface area contributed by atoms with E-state index in [9.17, 15) is 9.59 Å². The smallest absolute Gasteiger partial charge is 0.267 e. The largest absolute Gasteiger partial charge is 0.281 e. The third-order valence-corrected chi connectivity index (χ3v) is 3.92. The quantitative estimate of drug-likeness (QED) is 0.581. The minimum Gasteiger partial charge on any atom is -0.267 e. The SMILES string of the molecule is O=C1c2ccccc2C(=O)N1n1c(-c2ccccc2)n[nH]c1=S. The molecule has 112 valence electrons. The highest BCUT2D eigenvalue weighted by Crippen LogP contribution is 2.25. The van der Waals surface area contributed by atoms with Crippen LogP contribution in [0.2, 0.25) is 0 Å². The maximum atomic E-state index is 12.6. The Morgan fingerprint density at radius 1 is 0.870 bits per heavy atom. The zero-order chi connectivity index (χ0) is 16.0. The third-order valence-electron chi connectivity index (χ3n) is 3.66. The van der Waals surface area contributed by atoms with Crippen LogP contribution in [0.3, 0.4) is 0 Å². The average molecular weight is 322 g/mol. The first-order valence-electron chi connectivity index (χ1n) is 6.89. The second-order valence-corrected chi connectivity index (χ2v) is 5.38. The molecule has 1 N–H and O–H groups in total. The van der Waals surface area contributed by atoms with Gasteiger partial charge in [0.25, 0.3) is 11.8 Å². The van der Waals surface area contributed by atoms with Gasteiger partial charge in [0.05, 0.1) is 11.1 Å². The van der Waals surface area contributed by atoms with E-state index in [4.69, 9.17) is 12.2 Å². The van der Waals surface area contributed by atoms with Crippen LogP contribution >= 0.6 is 12.2 Å². The van der Waals surface area contributed by atoms with Gasteiger partial charge in [-0.1, -0.05) is 42.5 Å². The van der Waals surface area contributed by atoms with E-state index in [2.05, 4.69) is 10.2 Å². The Morgan fingerprint density at radius 3 is 2.04 bits per heavy atom. The Morgan fingerprint density at radius 2 is 1.43 bits per heavy atom. The number of aromatic nitrogens is 3. The van der Waals surface area contributed by atoms with Crippen molar-refractivity contribution < 1.29 is 9.59 Å². The van der Waals surface area contributed by atoms with Crippen LogP contribution in [0.15, 0.2) is 54.6 Å². The Kier molecular flexibility index (Phi) is 2.95. The third kappa shape index (κ3) is 1.94. The number of hydrogen-bond donors (Lipinski definition) is 1. The molecular formula is C16H10N4O2S. The molecule has 0 aliphatic carbocycles. The maximum Gasteiger partial charge on any atom is 0.281 e. The van der Waals surface area contributed by atoms with Crippen LogP contribution in [-0.4, -0.2) is 26.7 Å². The lowest BCUT2D eigenvalue weighted by molar-refractivity contribution is 0.0886. The van der Waals surface area contributed by atoms with Crippen LogP contribution in [0, 0.1) is 4.77 Å². The van der Waals surface area contributed by atoms with Gasteiger partial charge >= 0.3 is 0 Å². The average Bonchev–Trinajstić information content (AvgIpc) is 3.07. The minimum absolute atomic E-state index is 0.179. The zero-order valence-corrected chi connectivity index (χ0v) is 12.6. The molecule has 6 nitrogen and oxygen atoms in total. The number of aromatic amines is 1. The summed E-state index contributed by atoms with van der Waals surface area (Å²) in [6, 6.07) is 15.9. The topological polar surface area (TPSA) is 71.0 Å². The summed E-state index contributed by atoms with van der Waals surface area (Å²) >= 11 is 5.23. The number of rotatable bonds is 2. The van der Waals surface area contributed by atoms with E-state index in [0.29, 0.717) is 17.0 Å². The van der Waals surface area contributed by atoms with Gasteiger partial charge in [-0.2, -0.15) is 14.8 Å². The molecule has 0 radical (unpaired) electrons. The number of hydrogen-bond acceptors (Lipinski definition) is 4. The zero-order valence-electron chi connectivity index (χ0n) is 11.8. The van der Waals surface area contributed by atoms with E-state index in [0.717, 1.165) is 10.6 Å². The number of carbonyl (C=O) groups is 2. The van der Waals surface area contributed by atoms with Crippen LogP contribution in [-0.2, 0) is 0 Å². The van der Waals surface area contributed by atoms with Crippen molar-refractivity contribution in [1.29, 1.82) is 0 Å². The Hall–Kier alpha value is -3.06. The van der Waals surface area contributed by atoms with Gasteiger partial charge in [-0.15, -0.1) is 0 Å². The van der Waals surface area contributed by atoms with Crippen molar-refractivity contribution in [3.05, 3.63) is 70.5 Å². The first-order chi connectivity index (χ1) is 11.2. The molecule has 23 heavy (non-hydrogen) atoms. The van der Waals surface area contributed by atoms with E-state index in [1.807, 2.05) is 30.3 Å². The first-order valence-corrected chi connectivity index (χ1v) is 7.30. The van der Waals surface area contributed by atoms with E-state index in [1.165, 1.54) is 4.68 Å². The highest BCUT2D eigenvalue weighted by molar-refractivity contribution is 7.71. The maximum absolute atomic E-state index is 12.6. The lowest BCUT2D eigenvalue weighted by Crippen LogP contribution is -2.40. The molecule has 3 aromatic rings. The molecule has 0 unspecified atom stereocenters. The van der Waals surface area contributed by atoms with Gasteiger partial charge in [0.1, 0.15) is 0 Å². The van der Waals surface area contributed by atoms with Crippen molar-refractivity contribution >= 4 is 24.0 Å². The van der Waals surface area contributed by atoms with E-state index < -0.39 is 11.8 Å². The molecule has 4 rings (SSSR count). The first kappa shape index (κ1) is 13.6. The Labute approximate surface area is 136 Å². The fraction of sp³-hybridized carbons (Fsp3) is 0.